The van der Waals surface area contributed by atoms with Gasteiger partial charge in [-0.15, -0.1) is 0 Å². The van der Waals surface area contributed by atoms with Crippen LogP contribution in [0.3, 0.4) is 0 Å². The maximum absolute atomic E-state index is 12.6. The van der Waals surface area contributed by atoms with Crippen molar-refractivity contribution in [2.45, 2.75) is 17.4 Å². The van der Waals surface area contributed by atoms with Gasteiger partial charge in [0, 0.05) is 10.5 Å². The number of ketones is 1. The molecule has 2 atom stereocenters. The summed E-state index contributed by atoms with van der Waals surface area (Å²) >= 11 is 0. The second-order valence-electron chi connectivity index (χ2n) is 5.47. The van der Waals surface area contributed by atoms with Crippen LogP contribution in [0.1, 0.15) is 21.5 Å². The van der Waals surface area contributed by atoms with Gasteiger partial charge >= 0.3 is 0 Å². The van der Waals surface area contributed by atoms with Gasteiger partial charge in [-0.1, -0.05) is 42.0 Å². The smallest absolute Gasteiger partial charge is 0.186 e. The normalized spacial score (nSPS) is 21.5. The van der Waals surface area contributed by atoms with E-state index in [9.17, 15) is 14.1 Å². The zero-order chi connectivity index (χ0) is 15.7. The number of aliphatic hydroxyl groups is 1. The van der Waals surface area contributed by atoms with Gasteiger partial charge in [-0.05, 0) is 36.8 Å². The predicted molar refractivity (Wildman–Crippen MR) is 86.3 cm³/mol. The maximum atomic E-state index is 12.6. The van der Waals surface area contributed by atoms with Gasteiger partial charge in [0.25, 0.3) is 0 Å². The Morgan fingerprint density at radius 2 is 1.77 bits per heavy atom. The Bertz CT molecular complexity index is 777. The first-order valence-electron chi connectivity index (χ1n) is 7.00. The Balaban J connectivity index is 1.94. The highest BCUT2D eigenvalue weighted by Crippen LogP contribution is 2.32. The van der Waals surface area contributed by atoms with Crippen LogP contribution in [-0.2, 0) is 16.4 Å². The zero-order valence-electron chi connectivity index (χ0n) is 12.2. The fourth-order valence-corrected chi connectivity index (χ4v) is 3.83. The number of benzene rings is 2. The fourth-order valence-electron chi connectivity index (χ4n) is 2.57. The second kappa shape index (κ2) is 5.63. The van der Waals surface area contributed by atoms with Crippen molar-refractivity contribution in [2.75, 3.05) is 5.75 Å². The Kier molecular flexibility index (Phi) is 3.81. The van der Waals surface area contributed by atoms with E-state index in [4.69, 9.17) is 0 Å². The van der Waals surface area contributed by atoms with Gasteiger partial charge in [-0.25, -0.2) is 0 Å². The summed E-state index contributed by atoms with van der Waals surface area (Å²) in [5.41, 5.74) is 0.685. The number of carbonyl (C=O) groups is 1. The molecule has 3 rings (SSSR count). The Labute approximate surface area is 131 Å². The van der Waals surface area contributed by atoms with E-state index in [-0.39, 0.29) is 11.5 Å². The van der Waals surface area contributed by atoms with E-state index in [2.05, 4.69) is 0 Å². The quantitative estimate of drug-likeness (QED) is 0.948. The van der Waals surface area contributed by atoms with Crippen LogP contribution in [0, 0.1) is 6.92 Å². The van der Waals surface area contributed by atoms with Crippen molar-refractivity contribution in [1.82, 2.24) is 0 Å². The van der Waals surface area contributed by atoms with E-state index in [1.807, 2.05) is 19.1 Å². The molecule has 0 saturated carbocycles. The topological polar surface area (TPSA) is 54.4 Å². The fraction of sp³-hybridized carbons (Fsp3) is 0.167. The van der Waals surface area contributed by atoms with E-state index in [0.29, 0.717) is 16.0 Å². The van der Waals surface area contributed by atoms with Crippen LogP contribution in [0.4, 0.5) is 0 Å². The average molecular weight is 312 g/mol. The van der Waals surface area contributed by atoms with Gasteiger partial charge in [-0.2, -0.15) is 0 Å². The van der Waals surface area contributed by atoms with E-state index < -0.39 is 16.4 Å². The first-order chi connectivity index (χ1) is 10.5. The van der Waals surface area contributed by atoms with Crippen molar-refractivity contribution in [1.29, 1.82) is 0 Å². The lowest BCUT2D eigenvalue weighted by molar-refractivity contribution is 0.0946. The highest BCUT2D eigenvalue weighted by molar-refractivity contribution is 7.85. The van der Waals surface area contributed by atoms with E-state index >= 15 is 0 Å². The standard InChI is InChI=1S/C18H16O3S/c1-13-6-8-14(9-7-13)22(21)12-18(20)11-10-17(19)15-4-2-3-5-16(15)18/h2-11,20H,12H2,1H3/t18-,22?/m0/s1. The minimum absolute atomic E-state index is 0.0247. The molecule has 1 aliphatic carbocycles. The Hall–Kier alpha value is -2.04. The molecule has 1 unspecified atom stereocenters. The summed E-state index contributed by atoms with van der Waals surface area (Å²) in [7, 11) is -1.36. The number of aryl methyl sites for hydroxylation is 1. The summed E-state index contributed by atoms with van der Waals surface area (Å²) in [6.07, 6.45) is 2.80. The van der Waals surface area contributed by atoms with Gasteiger partial charge < -0.3 is 5.11 Å². The van der Waals surface area contributed by atoms with E-state index in [1.165, 1.54) is 12.2 Å². The zero-order valence-corrected chi connectivity index (χ0v) is 13.0. The molecular weight excluding hydrogens is 296 g/mol. The van der Waals surface area contributed by atoms with Gasteiger partial charge in [0.1, 0.15) is 5.60 Å². The molecular formula is C18H16O3S. The molecule has 0 amide bonds. The summed E-state index contributed by atoms with van der Waals surface area (Å²) in [6.45, 7) is 1.96. The van der Waals surface area contributed by atoms with Crippen LogP contribution in [-0.4, -0.2) is 20.9 Å². The molecule has 3 nitrogen and oxygen atoms in total. The van der Waals surface area contributed by atoms with Crippen molar-refractivity contribution in [3.8, 4) is 0 Å². The summed E-state index contributed by atoms with van der Waals surface area (Å²) in [5.74, 6) is -0.113. The van der Waals surface area contributed by atoms with Crippen LogP contribution < -0.4 is 0 Å². The molecule has 0 saturated heterocycles. The molecule has 0 bridgehead atoms. The molecule has 0 aliphatic heterocycles. The van der Waals surface area contributed by atoms with Gasteiger partial charge in [0.2, 0.25) is 0 Å². The predicted octanol–water partition coefficient (Wildman–Crippen LogP) is 2.74. The molecule has 0 fully saturated rings. The molecule has 1 N–H and O–H groups in total. The first kappa shape index (κ1) is 14.9. The van der Waals surface area contributed by atoms with Crippen molar-refractivity contribution in [2.24, 2.45) is 0 Å². The van der Waals surface area contributed by atoms with Gasteiger partial charge in [-0.3, -0.25) is 9.00 Å². The highest BCUT2D eigenvalue weighted by atomic mass is 32.2. The molecule has 2 aromatic carbocycles. The maximum Gasteiger partial charge on any atom is 0.186 e. The number of hydrogen-bond acceptors (Lipinski definition) is 3. The lowest BCUT2D eigenvalue weighted by Crippen LogP contribution is -2.34. The second-order valence-corrected chi connectivity index (χ2v) is 6.92. The molecule has 4 heteroatoms. The lowest BCUT2D eigenvalue weighted by Gasteiger charge is -2.29. The largest absolute Gasteiger partial charge is 0.380 e. The third-order valence-electron chi connectivity index (χ3n) is 3.80. The highest BCUT2D eigenvalue weighted by Gasteiger charge is 2.35. The summed E-state index contributed by atoms with van der Waals surface area (Å²) in [6, 6.07) is 14.3. The Morgan fingerprint density at radius 3 is 2.50 bits per heavy atom. The number of carbonyl (C=O) groups excluding carboxylic acids is 1. The summed E-state index contributed by atoms with van der Waals surface area (Å²) < 4.78 is 12.6. The molecule has 0 spiro atoms. The molecule has 0 aromatic heterocycles. The first-order valence-corrected chi connectivity index (χ1v) is 8.32. The molecule has 112 valence electrons. The number of fused-ring (bicyclic) bond motifs is 1. The van der Waals surface area contributed by atoms with Crippen molar-refractivity contribution in [3.05, 3.63) is 77.4 Å². The molecule has 22 heavy (non-hydrogen) atoms. The number of hydrogen-bond donors (Lipinski definition) is 1. The third kappa shape index (κ3) is 2.67. The number of allylic oxidation sites excluding steroid dienone is 1. The summed E-state index contributed by atoms with van der Waals surface area (Å²) in [4.78, 5) is 12.6. The third-order valence-corrected chi connectivity index (χ3v) is 5.30. The lowest BCUT2D eigenvalue weighted by atomic mass is 9.85. The molecule has 0 radical (unpaired) electrons. The number of rotatable bonds is 3. The van der Waals surface area contributed by atoms with E-state index in [0.717, 1.165) is 5.56 Å². The minimum atomic E-state index is -1.39. The van der Waals surface area contributed by atoms with Crippen molar-refractivity contribution >= 4 is 16.6 Å². The Morgan fingerprint density at radius 1 is 1.09 bits per heavy atom. The van der Waals surface area contributed by atoms with Crippen LogP contribution in [0.5, 0.6) is 0 Å². The van der Waals surface area contributed by atoms with Crippen LogP contribution in [0.15, 0.2) is 65.6 Å². The summed E-state index contributed by atoms with van der Waals surface area (Å²) in [5, 5.41) is 10.9. The van der Waals surface area contributed by atoms with Crippen molar-refractivity contribution in [3.63, 3.8) is 0 Å². The van der Waals surface area contributed by atoms with E-state index in [1.54, 1.807) is 36.4 Å². The van der Waals surface area contributed by atoms with Gasteiger partial charge in [0.05, 0.1) is 16.6 Å². The molecule has 1 aliphatic rings. The van der Waals surface area contributed by atoms with Gasteiger partial charge in [0.15, 0.2) is 5.78 Å². The molecule has 2 aromatic rings. The minimum Gasteiger partial charge on any atom is -0.380 e. The van der Waals surface area contributed by atoms with Crippen LogP contribution in [0.2, 0.25) is 0 Å². The van der Waals surface area contributed by atoms with Crippen LogP contribution in [0.25, 0.3) is 0 Å². The average Bonchev–Trinajstić information content (AvgIpc) is 2.52. The monoisotopic (exact) mass is 312 g/mol. The SMILES string of the molecule is Cc1ccc(S(=O)C[C@@]2(O)C=CC(=O)c3ccccc32)cc1. The molecule has 0 heterocycles. The van der Waals surface area contributed by atoms with Crippen LogP contribution >= 0.6 is 0 Å². The van der Waals surface area contributed by atoms with Crippen molar-refractivity contribution < 1.29 is 14.1 Å².